The highest BCUT2D eigenvalue weighted by Gasteiger charge is 2.31. The molecule has 0 radical (unpaired) electrons. The van der Waals surface area contributed by atoms with Crippen molar-refractivity contribution in [1.82, 2.24) is 4.98 Å². The molecule has 0 unspecified atom stereocenters. The summed E-state index contributed by atoms with van der Waals surface area (Å²) in [4.78, 5) is 4.66. The molecular weight excluding hydrogens is 314 g/mol. The Morgan fingerprint density at radius 1 is 1.00 bits per heavy atom. The molecule has 24 heavy (non-hydrogen) atoms. The first-order chi connectivity index (χ1) is 11.7. The molecule has 0 N–H and O–H groups in total. The fourth-order valence-electron chi connectivity index (χ4n) is 3.13. The molecule has 0 saturated heterocycles. The van der Waals surface area contributed by atoms with E-state index >= 15 is 0 Å². The average Bonchev–Trinajstić information content (AvgIpc) is 3.22. The van der Waals surface area contributed by atoms with Crippen LogP contribution in [0.25, 0.3) is 0 Å². The van der Waals surface area contributed by atoms with Crippen LogP contribution in [-0.2, 0) is 0 Å². The van der Waals surface area contributed by atoms with Gasteiger partial charge in [0.25, 0.3) is 0 Å². The molecule has 0 aliphatic carbocycles. The Morgan fingerprint density at radius 3 is 2.46 bits per heavy atom. The largest absolute Gasteiger partial charge is 0.231 e. The summed E-state index contributed by atoms with van der Waals surface area (Å²) in [5.74, 6) is 0. The lowest BCUT2D eigenvalue weighted by atomic mass is 9.96. The van der Waals surface area contributed by atoms with Crippen LogP contribution in [0.5, 0.6) is 0 Å². The number of hydrogen-bond donors (Lipinski definition) is 0. The summed E-state index contributed by atoms with van der Waals surface area (Å²) in [6.45, 7) is 4.17. The SMILES string of the molecule is Cc1csc(N2N=C(c3ccccc3C)C[C@@H]2c2ccccc2)n1. The van der Waals surface area contributed by atoms with Gasteiger partial charge in [-0.25, -0.2) is 9.99 Å². The van der Waals surface area contributed by atoms with E-state index < -0.39 is 0 Å². The smallest absolute Gasteiger partial charge is 0.206 e. The molecule has 3 aromatic rings. The molecule has 4 heteroatoms. The highest BCUT2D eigenvalue weighted by atomic mass is 32.1. The Morgan fingerprint density at radius 2 is 1.75 bits per heavy atom. The van der Waals surface area contributed by atoms with Crippen molar-refractivity contribution >= 4 is 22.2 Å². The van der Waals surface area contributed by atoms with Crippen molar-refractivity contribution in [1.29, 1.82) is 0 Å². The average molecular weight is 333 g/mol. The lowest BCUT2D eigenvalue weighted by Gasteiger charge is -2.21. The molecule has 1 aliphatic heterocycles. The summed E-state index contributed by atoms with van der Waals surface area (Å²) in [5, 5.41) is 10.1. The minimum absolute atomic E-state index is 0.200. The van der Waals surface area contributed by atoms with Gasteiger partial charge >= 0.3 is 0 Å². The molecule has 120 valence electrons. The van der Waals surface area contributed by atoms with Gasteiger partial charge in [0.2, 0.25) is 5.13 Å². The second kappa shape index (κ2) is 6.21. The zero-order valence-corrected chi connectivity index (χ0v) is 14.6. The number of anilines is 1. The minimum atomic E-state index is 0.200. The van der Waals surface area contributed by atoms with Crippen LogP contribution in [0.3, 0.4) is 0 Å². The van der Waals surface area contributed by atoms with Gasteiger partial charge in [0.15, 0.2) is 0 Å². The van der Waals surface area contributed by atoms with E-state index in [-0.39, 0.29) is 6.04 Å². The summed E-state index contributed by atoms with van der Waals surface area (Å²) in [6.07, 6.45) is 0.896. The Kier molecular flexibility index (Phi) is 3.90. The maximum Gasteiger partial charge on any atom is 0.206 e. The van der Waals surface area contributed by atoms with Crippen LogP contribution in [-0.4, -0.2) is 10.7 Å². The number of hydrogen-bond acceptors (Lipinski definition) is 4. The molecular formula is C20H19N3S. The lowest BCUT2D eigenvalue weighted by molar-refractivity contribution is 0.705. The number of nitrogens with zero attached hydrogens (tertiary/aromatic N) is 3. The van der Waals surface area contributed by atoms with Gasteiger partial charge in [-0.1, -0.05) is 54.6 Å². The van der Waals surface area contributed by atoms with Crippen LogP contribution in [0.2, 0.25) is 0 Å². The summed E-state index contributed by atoms with van der Waals surface area (Å²) in [5.41, 5.74) is 5.95. The topological polar surface area (TPSA) is 28.5 Å². The molecule has 1 aromatic heterocycles. The molecule has 2 aromatic carbocycles. The predicted octanol–water partition coefficient (Wildman–Crippen LogP) is 5.12. The maximum atomic E-state index is 4.96. The fraction of sp³-hybridized carbons (Fsp3) is 0.200. The van der Waals surface area contributed by atoms with Gasteiger partial charge in [-0.2, -0.15) is 5.10 Å². The van der Waals surface area contributed by atoms with Gasteiger partial charge < -0.3 is 0 Å². The standard InChI is InChI=1S/C20H19N3S/c1-14-8-6-7-11-17(14)18-12-19(16-9-4-3-5-10-16)23(22-18)20-21-15(2)13-24-20/h3-11,13,19H,12H2,1-2H3/t19-/m1/s1. The van der Waals surface area contributed by atoms with Crippen molar-refractivity contribution in [2.45, 2.75) is 26.3 Å². The Hall–Kier alpha value is -2.46. The summed E-state index contributed by atoms with van der Waals surface area (Å²) in [6, 6.07) is 19.2. The molecule has 3 nitrogen and oxygen atoms in total. The van der Waals surface area contributed by atoms with Crippen molar-refractivity contribution in [2.24, 2.45) is 5.10 Å². The van der Waals surface area contributed by atoms with Crippen LogP contribution in [0.1, 0.15) is 34.8 Å². The van der Waals surface area contributed by atoms with Gasteiger partial charge in [0, 0.05) is 17.4 Å². The van der Waals surface area contributed by atoms with Crippen LogP contribution in [0.4, 0.5) is 5.13 Å². The van der Waals surface area contributed by atoms with Crippen LogP contribution >= 0.6 is 11.3 Å². The summed E-state index contributed by atoms with van der Waals surface area (Å²) in [7, 11) is 0. The van der Waals surface area contributed by atoms with Gasteiger partial charge in [-0.3, -0.25) is 0 Å². The van der Waals surface area contributed by atoms with E-state index in [9.17, 15) is 0 Å². The lowest BCUT2D eigenvalue weighted by Crippen LogP contribution is -2.18. The van der Waals surface area contributed by atoms with E-state index in [1.165, 1.54) is 16.7 Å². The Labute approximate surface area is 146 Å². The van der Waals surface area contributed by atoms with Gasteiger partial charge in [0.1, 0.15) is 0 Å². The van der Waals surface area contributed by atoms with Crippen molar-refractivity contribution in [3.63, 3.8) is 0 Å². The second-order valence-corrected chi connectivity index (χ2v) is 6.94. The van der Waals surface area contributed by atoms with Crippen molar-refractivity contribution < 1.29 is 0 Å². The van der Waals surface area contributed by atoms with E-state index in [1.54, 1.807) is 11.3 Å². The number of aryl methyl sites for hydroxylation is 2. The van der Waals surface area contributed by atoms with Crippen LogP contribution < -0.4 is 5.01 Å². The molecule has 0 saturated carbocycles. The highest BCUT2D eigenvalue weighted by molar-refractivity contribution is 7.13. The van der Waals surface area contributed by atoms with Gasteiger partial charge in [0.05, 0.1) is 17.4 Å². The normalized spacial score (nSPS) is 17.2. The third kappa shape index (κ3) is 2.74. The van der Waals surface area contributed by atoms with Gasteiger partial charge in [-0.05, 0) is 25.0 Å². The number of benzene rings is 2. The van der Waals surface area contributed by atoms with E-state index in [4.69, 9.17) is 5.10 Å². The van der Waals surface area contributed by atoms with Crippen molar-refractivity contribution in [3.8, 4) is 0 Å². The fourth-order valence-corrected chi connectivity index (χ4v) is 3.93. The third-order valence-electron chi connectivity index (χ3n) is 4.35. The molecule has 2 heterocycles. The van der Waals surface area contributed by atoms with Gasteiger partial charge in [-0.15, -0.1) is 11.3 Å². The molecule has 0 bridgehead atoms. The summed E-state index contributed by atoms with van der Waals surface area (Å²) >= 11 is 1.65. The second-order valence-electron chi connectivity index (χ2n) is 6.11. The molecule has 4 rings (SSSR count). The predicted molar refractivity (Wildman–Crippen MR) is 101 cm³/mol. The van der Waals surface area contributed by atoms with E-state index in [0.29, 0.717) is 0 Å². The number of thiazole rings is 1. The van der Waals surface area contributed by atoms with Crippen LogP contribution in [0, 0.1) is 13.8 Å². The van der Waals surface area contributed by atoms with E-state index in [1.807, 2.05) is 6.92 Å². The molecule has 1 aliphatic rings. The van der Waals surface area contributed by atoms with Crippen LogP contribution in [0.15, 0.2) is 65.1 Å². The van der Waals surface area contributed by atoms with E-state index in [2.05, 4.69) is 76.9 Å². The maximum absolute atomic E-state index is 4.96. The Balaban J connectivity index is 1.77. The number of aromatic nitrogens is 1. The first-order valence-electron chi connectivity index (χ1n) is 8.12. The van der Waals surface area contributed by atoms with Crippen molar-refractivity contribution in [2.75, 3.05) is 5.01 Å². The molecule has 0 amide bonds. The first kappa shape index (κ1) is 15.1. The highest BCUT2D eigenvalue weighted by Crippen LogP contribution is 2.38. The monoisotopic (exact) mass is 333 g/mol. The molecule has 0 spiro atoms. The van der Waals surface area contributed by atoms with Crippen molar-refractivity contribution in [3.05, 3.63) is 82.4 Å². The molecule has 1 atom stereocenters. The minimum Gasteiger partial charge on any atom is -0.231 e. The summed E-state index contributed by atoms with van der Waals surface area (Å²) < 4.78 is 0. The zero-order valence-electron chi connectivity index (χ0n) is 13.8. The first-order valence-corrected chi connectivity index (χ1v) is 9.00. The Bertz CT molecular complexity index is 883. The third-order valence-corrected chi connectivity index (χ3v) is 5.30. The zero-order chi connectivity index (χ0) is 16.5. The number of hydrazone groups is 1. The molecule has 0 fully saturated rings. The number of rotatable bonds is 3. The van der Waals surface area contributed by atoms with E-state index in [0.717, 1.165) is 23.0 Å². The quantitative estimate of drug-likeness (QED) is 0.666.